The standard InChI is InChI=1S/C16H24FNO2S/c1-10-5-11(2)7-15(6-10)18-21(19,20)16-12(3)8-14(17)9-13(16)4/h8-11,15,18H,5-7H2,1-4H3. The average molecular weight is 313 g/mol. The molecule has 5 heteroatoms. The monoisotopic (exact) mass is 313 g/mol. The van der Waals surface area contributed by atoms with Crippen LogP contribution in [-0.4, -0.2) is 14.5 Å². The number of benzene rings is 1. The largest absolute Gasteiger partial charge is 0.241 e. The van der Waals surface area contributed by atoms with Crippen molar-refractivity contribution in [3.8, 4) is 0 Å². The number of halogens is 1. The third-order valence-corrected chi connectivity index (χ3v) is 6.02. The molecule has 0 heterocycles. The van der Waals surface area contributed by atoms with Gasteiger partial charge >= 0.3 is 0 Å². The van der Waals surface area contributed by atoms with Gasteiger partial charge in [0.25, 0.3) is 0 Å². The lowest BCUT2D eigenvalue weighted by Gasteiger charge is -2.32. The molecule has 2 rings (SSSR count). The molecule has 0 saturated heterocycles. The molecule has 0 aromatic heterocycles. The zero-order chi connectivity index (χ0) is 15.8. The zero-order valence-electron chi connectivity index (χ0n) is 13.1. The minimum atomic E-state index is -3.60. The molecule has 21 heavy (non-hydrogen) atoms. The second-order valence-electron chi connectivity index (χ2n) is 6.60. The highest BCUT2D eigenvalue weighted by molar-refractivity contribution is 7.89. The van der Waals surface area contributed by atoms with E-state index in [0.29, 0.717) is 23.0 Å². The van der Waals surface area contributed by atoms with Gasteiger partial charge in [-0.25, -0.2) is 17.5 Å². The van der Waals surface area contributed by atoms with E-state index >= 15 is 0 Å². The Labute approximate surface area is 127 Å². The maximum absolute atomic E-state index is 13.3. The fourth-order valence-corrected chi connectivity index (χ4v) is 5.36. The van der Waals surface area contributed by atoms with Crippen LogP contribution in [0.15, 0.2) is 17.0 Å². The molecule has 1 fully saturated rings. The van der Waals surface area contributed by atoms with Gasteiger partial charge in [0.1, 0.15) is 5.82 Å². The van der Waals surface area contributed by atoms with Crippen molar-refractivity contribution in [1.82, 2.24) is 4.72 Å². The molecule has 1 aliphatic rings. The number of sulfonamides is 1. The summed E-state index contributed by atoms with van der Waals surface area (Å²) in [6.45, 7) is 7.59. The zero-order valence-corrected chi connectivity index (χ0v) is 13.9. The quantitative estimate of drug-likeness (QED) is 0.927. The Bertz CT molecular complexity index is 594. The summed E-state index contributed by atoms with van der Waals surface area (Å²) in [6.07, 6.45) is 2.87. The molecule has 0 amide bonds. The van der Waals surface area contributed by atoms with Crippen LogP contribution in [0.3, 0.4) is 0 Å². The van der Waals surface area contributed by atoms with Crippen LogP contribution in [0.1, 0.15) is 44.2 Å². The predicted molar refractivity (Wildman–Crippen MR) is 82.2 cm³/mol. The SMILES string of the molecule is Cc1cc(F)cc(C)c1S(=O)(=O)NC1CC(C)CC(C)C1. The second-order valence-corrected chi connectivity index (χ2v) is 8.26. The van der Waals surface area contributed by atoms with E-state index in [2.05, 4.69) is 18.6 Å². The fraction of sp³-hybridized carbons (Fsp3) is 0.625. The molecule has 1 saturated carbocycles. The molecule has 0 radical (unpaired) electrons. The van der Waals surface area contributed by atoms with Gasteiger partial charge in [-0.3, -0.25) is 0 Å². The van der Waals surface area contributed by atoms with Gasteiger partial charge in [0.15, 0.2) is 0 Å². The highest BCUT2D eigenvalue weighted by Gasteiger charge is 2.29. The van der Waals surface area contributed by atoms with Gasteiger partial charge in [0.05, 0.1) is 4.90 Å². The highest BCUT2D eigenvalue weighted by atomic mass is 32.2. The van der Waals surface area contributed by atoms with Crippen molar-refractivity contribution < 1.29 is 12.8 Å². The molecule has 0 bridgehead atoms. The second kappa shape index (κ2) is 6.05. The van der Waals surface area contributed by atoms with Crippen molar-refractivity contribution in [2.45, 2.75) is 57.9 Å². The average Bonchev–Trinajstić information content (AvgIpc) is 2.23. The first-order chi connectivity index (χ1) is 9.69. The van der Waals surface area contributed by atoms with Crippen LogP contribution in [0.2, 0.25) is 0 Å². The van der Waals surface area contributed by atoms with Crippen molar-refractivity contribution in [3.63, 3.8) is 0 Å². The maximum atomic E-state index is 13.3. The molecule has 1 aromatic rings. The van der Waals surface area contributed by atoms with E-state index in [9.17, 15) is 12.8 Å². The maximum Gasteiger partial charge on any atom is 0.241 e. The smallest absolute Gasteiger partial charge is 0.208 e. The van der Waals surface area contributed by atoms with Gasteiger partial charge in [-0.1, -0.05) is 13.8 Å². The van der Waals surface area contributed by atoms with Crippen LogP contribution in [0.5, 0.6) is 0 Å². The van der Waals surface area contributed by atoms with Crippen LogP contribution in [-0.2, 0) is 10.0 Å². The first kappa shape index (κ1) is 16.4. The van der Waals surface area contributed by atoms with Gasteiger partial charge in [-0.15, -0.1) is 0 Å². The van der Waals surface area contributed by atoms with Gasteiger partial charge in [-0.2, -0.15) is 0 Å². The summed E-state index contributed by atoms with van der Waals surface area (Å²) in [5, 5.41) is 0. The molecular weight excluding hydrogens is 289 g/mol. The molecule has 2 unspecified atom stereocenters. The van der Waals surface area contributed by atoms with Crippen LogP contribution in [0.25, 0.3) is 0 Å². The number of nitrogens with one attached hydrogen (secondary N) is 1. The van der Waals surface area contributed by atoms with Crippen molar-refractivity contribution in [2.75, 3.05) is 0 Å². The molecule has 2 atom stereocenters. The van der Waals surface area contributed by atoms with Crippen LogP contribution in [0.4, 0.5) is 4.39 Å². The van der Waals surface area contributed by atoms with E-state index in [4.69, 9.17) is 0 Å². The summed E-state index contributed by atoms with van der Waals surface area (Å²) in [6, 6.07) is 2.51. The van der Waals surface area contributed by atoms with E-state index in [-0.39, 0.29) is 10.9 Å². The summed E-state index contributed by atoms with van der Waals surface area (Å²) in [7, 11) is -3.60. The number of hydrogen-bond donors (Lipinski definition) is 1. The van der Waals surface area contributed by atoms with E-state index in [1.165, 1.54) is 12.1 Å². The third-order valence-electron chi connectivity index (χ3n) is 4.19. The van der Waals surface area contributed by atoms with Crippen LogP contribution >= 0.6 is 0 Å². The van der Waals surface area contributed by atoms with Crippen molar-refractivity contribution >= 4 is 10.0 Å². The van der Waals surface area contributed by atoms with Gasteiger partial charge in [-0.05, 0) is 68.2 Å². The Hall–Kier alpha value is -0.940. The van der Waals surface area contributed by atoms with E-state index in [1.807, 2.05) is 0 Å². The van der Waals surface area contributed by atoms with Crippen LogP contribution < -0.4 is 4.72 Å². The fourth-order valence-electron chi connectivity index (χ4n) is 3.64. The van der Waals surface area contributed by atoms with Crippen molar-refractivity contribution in [3.05, 3.63) is 29.1 Å². The number of hydrogen-bond acceptors (Lipinski definition) is 2. The summed E-state index contributed by atoms with van der Waals surface area (Å²) in [4.78, 5) is 0.217. The third kappa shape index (κ3) is 3.83. The molecule has 1 aromatic carbocycles. The molecular formula is C16H24FNO2S. The van der Waals surface area contributed by atoms with E-state index < -0.39 is 15.8 Å². The summed E-state index contributed by atoms with van der Waals surface area (Å²) in [5.74, 6) is 0.651. The molecule has 118 valence electrons. The molecule has 0 spiro atoms. The highest BCUT2D eigenvalue weighted by Crippen LogP contribution is 2.30. The summed E-state index contributed by atoms with van der Waals surface area (Å²) < 4.78 is 41.4. The predicted octanol–water partition coefficient (Wildman–Crippen LogP) is 3.55. The summed E-state index contributed by atoms with van der Waals surface area (Å²) >= 11 is 0. The Morgan fingerprint density at radius 2 is 1.52 bits per heavy atom. The van der Waals surface area contributed by atoms with Gasteiger partial charge in [0, 0.05) is 6.04 Å². The first-order valence-corrected chi connectivity index (χ1v) is 8.96. The molecule has 0 aliphatic heterocycles. The Balaban J connectivity index is 2.27. The Morgan fingerprint density at radius 3 is 2.00 bits per heavy atom. The lowest BCUT2D eigenvalue weighted by atomic mass is 9.81. The molecule has 1 N–H and O–H groups in total. The first-order valence-electron chi connectivity index (χ1n) is 7.48. The van der Waals surface area contributed by atoms with E-state index in [0.717, 1.165) is 19.3 Å². The number of aryl methyl sites for hydroxylation is 2. The molecule has 3 nitrogen and oxygen atoms in total. The lowest BCUT2D eigenvalue weighted by Crippen LogP contribution is -2.40. The van der Waals surface area contributed by atoms with Gasteiger partial charge < -0.3 is 0 Å². The number of rotatable bonds is 3. The van der Waals surface area contributed by atoms with Crippen molar-refractivity contribution in [1.29, 1.82) is 0 Å². The van der Waals surface area contributed by atoms with Crippen molar-refractivity contribution in [2.24, 2.45) is 11.8 Å². The van der Waals surface area contributed by atoms with E-state index in [1.54, 1.807) is 13.8 Å². The van der Waals surface area contributed by atoms with Crippen LogP contribution in [0, 0.1) is 31.5 Å². The minimum absolute atomic E-state index is 0.0300. The van der Waals surface area contributed by atoms with Gasteiger partial charge in [0.2, 0.25) is 10.0 Å². The minimum Gasteiger partial charge on any atom is -0.208 e. The summed E-state index contributed by atoms with van der Waals surface area (Å²) in [5.41, 5.74) is 0.911. The lowest BCUT2D eigenvalue weighted by molar-refractivity contribution is 0.257. The normalized spacial score (nSPS) is 26.8. The topological polar surface area (TPSA) is 46.2 Å². The Morgan fingerprint density at radius 1 is 1.05 bits per heavy atom. The Kier molecular flexibility index (Phi) is 4.73. The molecule has 1 aliphatic carbocycles.